The van der Waals surface area contributed by atoms with E-state index in [2.05, 4.69) is 4.98 Å². The molecule has 0 aliphatic heterocycles. The SMILES string of the molecule is Cc1nccn1C(C)C(C)O. The molecule has 2 atom stereocenters. The molecule has 3 nitrogen and oxygen atoms in total. The number of nitrogens with zero attached hydrogens (tertiary/aromatic N) is 2. The Labute approximate surface area is 66.7 Å². The molecule has 1 aromatic heterocycles. The van der Waals surface area contributed by atoms with E-state index in [1.165, 1.54) is 0 Å². The van der Waals surface area contributed by atoms with Gasteiger partial charge in [-0.15, -0.1) is 0 Å². The minimum Gasteiger partial charge on any atom is -0.391 e. The van der Waals surface area contributed by atoms with Crippen molar-refractivity contribution in [2.24, 2.45) is 0 Å². The predicted octanol–water partition coefficient (Wildman–Crippen LogP) is 1.13. The summed E-state index contributed by atoms with van der Waals surface area (Å²) in [5.74, 6) is 0.943. The Hall–Kier alpha value is -0.830. The van der Waals surface area contributed by atoms with Gasteiger partial charge in [0.05, 0.1) is 12.1 Å². The highest BCUT2D eigenvalue weighted by atomic mass is 16.3. The summed E-state index contributed by atoms with van der Waals surface area (Å²) in [4.78, 5) is 4.07. The van der Waals surface area contributed by atoms with E-state index in [-0.39, 0.29) is 12.1 Å². The maximum atomic E-state index is 9.27. The second-order valence-electron chi connectivity index (χ2n) is 2.86. The van der Waals surface area contributed by atoms with Crippen LogP contribution in [0.2, 0.25) is 0 Å². The van der Waals surface area contributed by atoms with E-state index >= 15 is 0 Å². The van der Waals surface area contributed by atoms with Gasteiger partial charge in [-0.3, -0.25) is 0 Å². The van der Waals surface area contributed by atoms with E-state index < -0.39 is 0 Å². The largest absolute Gasteiger partial charge is 0.391 e. The van der Waals surface area contributed by atoms with Gasteiger partial charge < -0.3 is 9.67 Å². The number of aliphatic hydroxyl groups excluding tert-OH is 1. The smallest absolute Gasteiger partial charge is 0.105 e. The lowest BCUT2D eigenvalue weighted by atomic mass is 10.2. The number of aromatic nitrogens is 2. The minimum absolute atomic E-state index is 0.109. The quantitative estimate of drug-likeness (QED) is 0.693. The first-order chi connectivity index (χ1) is 5.13. The average Bonchev–Trinajstić information content (AvgIpc) is 2.33. The Balaban J connectivity index is 2.84. The molecule has 0 saturated carbocycles. The molecule has 0 aliphatic rings. The molecular formula is C8H14N2O. The molecule has 1 N–H and O–H groups in total. The van der Waals surface area contributed by atoms with E-state index in [0.717, 1.165) is 5.82 Å². The number of hydrogen-bond acceptors (Lipinski definition) is 2. The molecule has 1 rings (SSSR count). The Morgan fingerprint density at radius 2 is 2.18 bits per heavy atom. The third-order valence-corrected chi connectivity index (χ3v) is 2.00. The standard InChI is InChI=1S/C8H14N2O/c1-6(7(2)11)10-5-4-9-8(10)3/h4-7,11H,1-3H3. The lowest BCUT2D eigenvalue weighted by molar-refractivity contribution is 0.138. The Morgan fingerprint density at radius 1 is 1.55 bits per heavy atom. The highest BCUT2D eigenvalue weighted by Crippen LogP contribution is 2.11. The fourth-order valence-corrected chi connectivity index (χ4v) is 1.05. The van der Waals surface area contributed by atoms with Crippen LogP contribution in [-0.2, 0) is 0 Å². The highest BCUT2D eigenvalue weighted by Gasteiger charge is 2.11. The summed E-state index contributed by atoms with van der Waals surface area (Å²) in [7, 11) is 0. The van der Waals surface area contributed by atoms with Crippen LogP contribution in [0.1, 0.15) is 25.7 Å². The molecule has 0 saturated heterocycles. The fraction of sp³-hybridized carbons (Fsp3) is 0.625. The fourth-order valence-electron chi connectivity index (χ4n) is 1.05. The molecular weight excluding hydrogens is 140 g/mol. The molecule has 1 aromatic rings. The van der Waals surface area contributed by atoms with Crippen molar-refractivity contribution in [3.8, 4) is 0 Å². The molecule has 0 aliphatic carbocycles. The van der Waals surface area contributed by atoms with E-state index in [1.54, 1.807) is 13.1 Å². The average molecular weight is 154 g/mol. The molecule has 11 heavy (non-hydrogen) atoms. The lowest BCUT2D eigenvalue weighted by Crippen LogP contribution is -2.18. The first kappa shape index (κ1) is 8.27. The summed E-state index contributed by atoms with van der Waals surface area (Å²) < 4.78 is 1.96. The molecule has 1 heterocycles. The molecule has 0 radical (unpaired) electrons. The van der Waals surface area contributed by atoms with Crippen LogP contribution in [0.3, 0.4) is 0 Å². The zero-order valence-corrected chi connectivity index (χ0v) is 7.15. The normalized spacial score (nSPS) is 16.4. The minimum atomic E-state index is -0.331. The predicted molar refractivity (Wildman–Crippen MR) is 43.4 cm³/mol. The van der Waals surface area contributed by atoms with Crippen LogP contribution in [-0.4, -0.2) is 20.8 Å². The molecule has 0 spiro atoms. The third kappa shape index (κ3) is 1.60. The summed E-state index contributed by atoms with van der Waals surface area (Å²) in [6.07, 6.45) is 3.30. The van der Waals surface area contributed by atoms with Crippen LogP contribution in [0.5, 0.6) is 0 Å². The van der Waals surface area contributed by atoms with Gasteiger partial charge in [0.15, 0.2) is 0 Å². The number of aryl methyl sites for hydroxylation is 1. The van der Waals surface area contributed by atoms with Crippen LogP contribution in [0.15, 0.2) is 12.4 Å². The van der Waals surface area contributed by atoms with Crippen LogP contribution in [0, 0.1) is 6.92 Å². The summed E-state index contributed by atoms with van der Waals surface area (Å²) in [5, 5.41) is 9.27. The number of imidazole rings is 1. The zero-order valence-electron chi connectivity index (χ0n) is 7.15. The Kier molecular flexibility index (Phi) is 2.29. The summed E-state index contributed by atoms with van der Waals surface area (Å²) in [5.41, 5.74) is 0. The van der Waals surface area contributed by atoms with Crippen molar-refractivity contribution >= 4 is 0 Å². The van der Waals surface area contributed by atoms with Crippen molar-refractivity contribution in [2.45, 2.75) is 32.9 Å². The highest BCUT2D eigenvalue weighted by molar-refractivity contribution is 4.92. The van der Waals surface area contributed by atoms with Gasteiger partial charge in [-0.25, -0.2) is 4.98 Å². The summed E-state index contributed by atoms with van der Waals surface area (Å²) >= 11 is 0. The van der Waals surface area contributed by atoms with Crippen molar-refractivity contribution in [3.63, 3.8) is 0 Å². The molecule has 2 unspecified atom stereocenters. The monoisotopic (exact) mass is 154 g/mol. The molecule has 0 aromatic carbocycles. The van der Waals surface area contributed by atoms with Gasteiger partial charge >= 0.3 is 0 Å². The van der Waals surface area contributed by atoms with Crippen molar-refractivity contribution in [1.82, 2.24) is 9.55 Å². The van der Waals surface area contributed by atoms with Crippen molar-refractivity contribution in [3.05, 3.63) is 18.2 Å². The summed E-state index contributed by atoms with van der Waals surface area (Å²) in [6.45, 7) is 5.68. The molecule has 0 amide bonds. The topological polar surface area (TPSA) is 38.0 Å². The van der Waals surface area contributed by atoms with Crippen LogP contribution in [0.25, 0.3) is 0 Å². The number of hydrogen-bond donors (Lipinski definition) is 1. The first-order valence-electron chi connectivity index (χ1n) is 3.80. The van der Waals surface area contributed by atoms with E-state index in [1.807, 2.05) is 24.6 Å². The van der Waals surface area contributed by atoms with Gasteiger partial charge in [-0.2, -0.15) is 0 Å². The van der Waals surface area contributed by atoms with Crippen molar-refractivity contribution < 1.29 is 5.11 Å². The first-order valence-corrected chi connectivity index (χ1v) is 3.80. The van der Waals surface area contributed by atoms with Crippen LogP contribution < -0.4 is 0 Å². The van der Waals surface area contributed by atoms with E-state index in [0.29, 0.717) is 0 Å². The Morgan fingerprint density at radius 3 is 2.55 bits per heavy atom. The maximum absolute atomic E-state index is 9.27. The third-order valence-electron chi connectivity index (χ3n) is 2.00. The van der Waals surface area contributed by atoms with E-state index in [9.17, 15) is 5.11 Å². The second-order valence-corrected chi connectivity index (χ2v) is 2.86. The number of aliphatic hydroxyl groups is 1. The molecule has 0 fully saturated rings. The Bertz CT molecular complexity index is 230. The van der Waals surface area contributed by atoms with Crippen LogP contribution >= 0.6 is 0 Å². The molecule has 62 valence electrons. The van der Waals surface area contributed by atoms with E-state index in [4.69, 9.17) is 0 Å². The number of rotatable bonds is 2. The van der Waals surface area contributed by atoms with Crippen LogP contribution in [0.4, 0.5) is 0 Å². The summed E-state index contributed by atoms with van der Waals surface area (Å²) in [6, 6.07) is 0.109. The van der Waals surface area contributed by atoms with Gasteiger partial charge in [0.25, 0.3) is 0 Å². The molecule has 0 bridgehead atoms. The lowest BCUT2D eigenvalue weighted by Gasteiger charge is -2.17. The maximum Gasteiger partial charge on any atom is 0.105 e. The van der Waals surface area contributed by atoms with Gasteiger partial charge in [-0.05, 0) is 20.8 Å². The second kappa shape index (κ2) is 3.05. The van der Waals surface area contributed by atoms with Gasteiger partial charge in [0, 0.05) is 12.4 Å². The van der Waals surface area contributed by atoms with Gasteiger partial charge in [0.1, 0.15) is 5.82 Å². The molecule has 3 heteroatoms. The van der Waals surface area contributed by atoms with Crippen molar-refractivity contribution in [1.29, 1.82) is 0 Å². The zero-order chi connectivity index (χ0) is 8.43. The van der Waals surface area contributed by atoms with Gasteiger partial charge in [-0.1, -0.05) is 0 Å². The van der Waals surface area contributed by atoms with Gasteiger partial charge in [0.2, 0.25) is 0 Å². The van der Waals surface area contributed by atoms with Crippen molar-refractivity contribution in [2.75, 3.05) is 0 Å².